The zero-order chi connectivity index (χ0) is 16.7. The van der Waals surface area contributed by atoms with Gasteiger partial charge in [-0.1, -0.05) is 18.5 Å². The highest BCUT2D eigenvalue weighted by Gasteiger charge is 2.49. The summed E-state index contributed by atoms with van der Waals surface area (Å²) in [6, 6.07) is 3.47. The van der Waals surface area contributed by atoms with Crippen molar-refractivity contribution in [1.82, 2.24) is 10.0 Å². The van der Waals surface area contributed by atoms with Crippen molar-refractivity contribution in [1.29, 1.82) is 0 Å². The number of aromatic nitrogens is 1. The average molecular weight is 378 g/mol. The fraction of sp³-hybridized carbons (Fsp3) is 0.467. The van der Waals surface area contributed by atoms with Gasteiger partial charge in [-0.15, -0.1) is 23.2 Å². The van der Waals surface area contributed by atoms with Gasteiger partial charge in [-0.3, -0.25) is 4.98 Å². The number of hydroxylamine groups is 2. The summed E-state index contributed by atoms with van der Waals surface area (Å²) in [5, 5.41) is -0.155. The van der Waals surface area contributed by atoms with Crippen LogP contribution in [-0.2, 0) is 9.53 Å². The first-order valence-corrected chi connectivity index (χ1v) is 8.56. The lowest BCUT2D eigenvalue weighted by Gasteiger charge is -2.35. The first kappa shape index (κ1) is 16.7. The predicted molar refractivity (Wildman–Crippen MR) is 88.4 cm³/mol. The van der Waals surface area contributed by atoms with Crippen molar-refractivity contribution in [3.05, 3.63) is 29.6 Å². The monoisotopic (exact) mass is 376 g/mol. The van der Waals surface area contributed by atoms with E-state index in [2.05, 4.69) is 4.98 Å². The second-order valence-corrected chi connectivity index (χ2v) is 6.79. The lowest BCUT2D eigenvalue weighted by atomic mass is 10.0. The molecule has 1 aromatic heterocycles. The molecule has 124 valence electrons. The largest absolute Gasteiger partial charge is 0.459 e. The second-order valence-electron chi connectivity index (χ2n) is 5.37. The van der Waals surface area contributed by atoms with E-state index in [1.54, 1.807) is 18.3 Å². The number of carbonyl (C=O) groups is 1. The number of nitrogens with zero attached hydrogens (tertiary/aromatic N) is 2. The molecule has 0 spiro atoms. The number of hydrogen-bond donors (Lipinski definition) is 0. The van der Waals surface area contributed by atoms with E-state index in [4.69, 9.17) is 44.4 Å². The van der Waals surface area contributed by atoms with Crippen LogP contribution in [0.15, 0.2) is 23.9 Å². The molecular formula is C15H15Cl3N2O3. The van der Waals surface area contributed by atoms with Crippen LogP contribution in [-0.4, -0.2) is 38.4 Å². The van der Waals surface area contributed by atoms with E-state index in [1.165, 1.54) is 5.06 Å². The fourth-order valence-corrected chi connectivity index (χ4v) is 3.33. The van der Waals surface area contributed by atoms with Crippen LogP contribution < -0.4 is 4.84 Å². The Bertz CT molecular complexity index is 667. The van der Waals surface area contributed by atoms with E-state index in [-0.39, 0.29) is 11.7 Å². The number of fused-ring (bicyclic) bond motifs is 3. The maximum absolute atomic E-state index is 12.6. The molecule has 0 saturated heterocycles. The van der Waals surface area contributed by atoms with E-state index < -0.39 is 22.2 Å². The third-order valence-corrected chi connectivity index (χ3v) is 5.50. The normalized spacial score (nSPS) is 27.2. The highest BCUT2D eigenvalue weighted by Crippen LogP contribution is 2.46. The van der Waals surface area contributed by atoms with Crippen LogP contribution in [0.1, 0.15) is 26.0 Å². The predicted octanol–water partition coefficient (Wildman–Crippen LogP) is 3.54. The van der Waals surface area contributed by atoms with Crippen LogP contribution >= 0.6 is 34.8 Å². The molecule has 3 heterocycles. The zero-order valence-corrected chi connectivity index (χ0v) is 14.8. The summed E-state index contributed by atoms with van der Waals surface area (Å²) >= 11 is 19.0. The Morgan fingerprint density at radius 3 is 2.91 bits per heavy atom. The molecule has 0 aromatic carbocycles. The summed E-state index contributed by atoms with van der Waals surface area (Å²) in [7, 11) is 0. The molecular weight excluding hydrogens is 363 g/mol. The van der Waals surface area contributed by atoms with Crippen molar-refractivity contribution >= 4 is 46.5 Å². The molecule has 0 saturated carbocycles. The van der Waals surface area contributed by atoms with E-state index in [1.807, 2.05) is 13.8 Å². The number of halogens is 3. The number of esters is 1. The average Bonchev–Trinajstić information content (AvgIpc) is 2.92. The summed E-state index contributed by atoms with van der Waals surface area (Å²) in [6.45, 7) is 3.74. The minimum absolute atomic E-state index is 0.223. The van der Waals surface area contributed by atoms with Crippen LogP contribution in [0.2, 0.25) is 0 Å². The van der Waals surface area contributed by atoms with Gasteiger partial charge < -0.3 is 9.57 Å². The van der Waals surface area contributed by atoms with Gasteiger partial charge in [-0.25, -0.2) is 4.79 Å². The molecule has 3 rings (SSSR count). The van der Waals surface area contributed by atoms with Gasteiger partial charge in [0.05, 0.1) is 22.4 Å². The zero-order valence-electron chi connectivity index (χ0n) is 12.5. The lowest BCUT2D eigenvalue weighted by molar-refractivity contribution is -0.144. The second kappa shape index (κ2) is 6.38. The van der Waals surface area contributed by atoms with Gasteiger partial charge in [-0.2, -0.15) is 5.06 Å². The molecule has 0 unspecified atom stereocenters. The van der Waals surface area contributed by atoms with Gasteiger partial charge in [0.25, 0.3) is 0 Å². The summed E-state index contributed by atoms with van der Waals surface area (Å²) in [4.78, 5) is 22.6. The van der Waals surface area contributed by atoms with Crippen LogP contribution in [0.3, 0.4) is 0 Å². The molecule has 0 radical (unpaired) electrons. The van der Waals surface area contributed by atoms with Gasteiger partial charge in [0, 0.05) is 6.20 Å². The third-order valence-electron chi connectivity index (χ3n) is 3.81. The number of rotatable bonds is 3. The first-order chi connectivity index (χ1) is 11.0. The van der Waals surface area contributed by atoms with Crippen LogP contribution in [0.25, 0.3) is 5.70 Å². The quantitative estimate of drug-likeness (QED) is 0.458. The number of hydrogen-bond acceptors (Lipinski definition) is 5. The third kappa shape index (κ3) is 2.75. The topological polar surface area (TPSA) is 51.7 Å². The van der Waals surface area contributed by atoms with Crippen molar-refractivity contribution in [3.63, 3.8) is 0 Å². The molecule has 0 aliphatic carbocycles. The summed E-state index contributed by atoms with van der Waals surface area (Å²) in [5.41, 5.74) is 0.416. The Balaban J connectivity index is 2.11. The molecule has 23 heavy (non-hydrogen) atoms. The van der Waals surface area contributed by atoms with Gasteiger partial charge in [0.1, 0.15) is 11.4 Å². The highest BCUT2D eigenvalue weighted by atomic mass is 35.5. The van der Waals surface area contributed by atoms with E-state index in [0.717, 1.165) is 0 Å². The Labute approximate surface area is 149 Å². The Kier molecular flexibility index (Phi) is 4.63. The fourth-order valence-electron chi connectivity index (χ4n) is 2.42. The number of carbonyl (C=O) groups excluding carboxylic acids is 1. The van der Waals surface area contributed by atoms with Crippen molar-refractivity contribution < 1.29 is 14.4 Å². The Hall–Kier alpha value is -1.17. The van der Waals surface area contributed by atoms with E-state index in [0.29, 0.717) is 23.6 Å². The molecule has 2 aliphatic rings. The molecule has 1 aromatic rings. The number of pyridine rings is 1. The number of ether oxygens (including phenoxy) is 1. The maximum atomic E-state index is 12.6. The Morgan fingerprint density at radius 1 is 1.48 bits per heavy atom. The SMILES string of the molecule is CC[C@H](C)OC(=O)C1=C2c3ncccc3ON2[C@H](Cl)[C@@H](Cl)[C@@H]1Cl. The van der Waals surface area contributed by atoms with Crippen molar-refractivity contribution in [2.45, 2.75) is 42.6 Å². The smallest absolute Gasteiger partial charge is 0.338 e. The standard InChI is InChI=1S/C15H15Cl3N2O3/c1-3-7(2)22-15(21)9-10(16)11(17)14(18)20-13(9)12-8(23-20)5-4-6-19-12/h4-7,10-11,14H,3H2,1-2H3/t7-,10+,11-,14-/m0/s1. The Morgan fingerprint density at radius 2 is 2.22 bits per heavy atom. The van der Waals surface area contributed by atoms with Gasteiger partial charge in [0.2, 0.25) is 0 Å². The number of alkyl halides is 3. The molecule has 0 amide bonds. The molecule has 0 bridgehead atoms. The first-order valence-electron chi connectivity index (χ1n) is 7.25. The summed E-state index contributed by atoms with van der Waals surface area (Å²) in [5.74, 6) is -0.0349. The molecule has 8 heteroatoms. The van der Waals surface area contributed by atoms with Crippen LogP contribution in [0.4, 0.5) is 0 Å². The molecule has 4 atom stereocenters. The van der Waals surface area contributed by atoms with Crippen molar-refractivity contribution in [3.8, 4) is 5.75 Å². The van der Waals surface area contributed by atoms with Crippen molar-refractivity contribution in [2.75, 3.05) is 0 Å². The summed E-state index contributed by atoms with van der Waals surface area (Å²) in [6.07, 6.45) is 2.06. The van der Waals surface area contributed by atoms with Gasteiger partial charge in [0.15, 0.2) is 11.3 Å². The minimum atomic E-state index is -0.807. The molecule has 0 fully saturated rings. The van der Waals surface area contributed by atoms with E-state index in [9.17, 15) is 4.79 Å². The van der Waals surface area contributed by atoms with E-state index >= 15 is 0 Å². The minimum Gasteiger partial charge on any atom is -0.459 e. The lowest BCUT2D eigenvalue weighted by Crippen LogP contribution is -2.47. The highest BCUT2D eigenvalue weighted by molar-refractivity contribution is 6.38. The van der Waals surface area contributed by atoms with Crippen molar-refractivity contribution in [2.24, 2.45) is 0 Å². The van der Waals surface area contributed by atoms with Crippen LogP contribution in [0, 0.1) is 0 Å². The van der Waals surface area contributed by atoms with Gasteiger partial charge in [-0.05, 0) is 25.5 Å². The molecule has 5 nitrogen and oxygen atoms in total. The van der Waals surface area contributed by atoms with Gasteiger partial charge >= 0.3 is 5.97 Å². The van der Waals surface area contributed by atoms with Crippen LogP contribution in [0.5, 0.6) is 5.75 Å². The molecule has 0 N–H and O–H groups in total. The maximum Gasteiger partial charge on any atom is 0.338 e. The summed E-state index contributed by atoms with van der Waals surface area (Å²) < 4.78 is 5.42. The molecule has 2 aliphatic heterocycles.